The molecule has 0 unspecified atom stereocenters. The van der Waals surface area contributed by atoms with Gasteiger partial charge < -0.3 is 10.1 Å². The Morgan fingerprint density at radius 3 is 2.86 bits per heavy atom. The molecule has 0 aliphatic heterocycles. The highest BCUT2D eigenvalue weighted by Crippen LogP contribution is 2.36. The number of carboxylic acid groups (broad SMARTS) is 1. The van der Waals surface area contributed by atoms with Crippen molar-refractivity contribution in [2.45, 2.75) is 38.5 Å². The van der Waals surface area contributed by atoms with Crippen LogP contribution in [0, 0.1) is 6.92 Å². The number of aliphatic carboxylic acids is 1. The van der Waals surface area contributed by atoms with Crippen LogP contribution < -0.4 is 0 Å². The molecule has 0 saturated heterocycles. The predicted molar refractivity (Wildman–Crippen MR) is 53.5 cm³/mol. The van der Waals surface area contributed by atoms with Gasteiger partial charge in [-0.1, -0.05) is 6.42 Å². The van der Waals surface area contributed by atoms with Crippen LogP contribution in [0.5, 0.6) is 0 Å². The van der Waals surface area contributed by atoms with Crippen molar-refractivity contribution in [1.82, 2.24) is 4.98 Å². The molecule has 0 amide bonds. The normalized spacial score (nSPS) is 16.6. The molecular formula is C11H15NO2. The molecule has 1 fully saturated rings. The Bertz CT molecular complexity index is 350. The number of carbonyl (C=O) groups is 1. The largest absolute Gasteiger partial charge is 0.481 e. The Kier molecular flexibility index (Phi) is 2.32. The van der Waals surface area contributed by atoms with Gasteiger partial charge in [0.2, 0.25) is 0 Å². The average molecular weight is 193 g/mol. The highest BCUT2D eigenvalue weighted by Gasteiger charge is 2.22. The molecular weight excluding hydrogens is 178 g/mol. The minimum atomic E-state index is -0.768. The van der Waals surface area contributed by atoms with E-state index in [1.54, 1.807) is 0 Å². The van der Waals surface area contributed by atoms with Crippen LogP contribution in [0.4, 0.5) is 0 Å². The second-order valence-corrected chi connectivity index (χ2v) is 4.08. The minimum Gasteiger partial charge on any atom is -0.481 e. The van der Waals surface area contributed by atoms with Crippen molar-refractivity contribution in [1.29, 1.82) is 0 Å². The summed E-state index contributed by atoms with van der Waals surface area (Å²) in [6.07, 6.45) is 3.90. The molecule has 2 rings (SSSR count). The molecule has 1 aliphatic rings. The number of H-pyrrole nitrogens is 1. The van der Waals surface area contributed by atoms with Crippen molar-refractivity contribution in [3.8, 4) is 0 Å². The first-order valence-corrected chi connectivity index (χ1v) is 5.07. The first-order chi connectivity index (χ1) is 6.66. The maximum atomic E-state index is 10.6. The van der Waals surface area contributed by atoms with Gasteiger partial charge in [0.25, 0.3) is 0 Å². The molecule has 1 aromatic rings. The van der Waals surface area contributed by atoms with E-state index < -0.39 is 5.97 Å². The summed E-state index contributed by atoms with van der Waals surface area (Å²) in [5.74, 6) is -0.119. The zero-order chi connectivity index (χ0) is 10.1. The van der Waals surface area contributed by atoms with Crippen LogP contribution in [0.1, 0.15) is 42.1 Å². The number of carboxylic acids is 1. The zero-order valence-corrected chi connectivity index (χ0v) is 8.34. The fourth-order valence-corrected chi connectivity index (χ4v) is 1.90. The molecule has 2 N–H and O–H groups in total. The van der Waals surface area contributed by atoms with Gasteiger partial charge in [0.05, 0.1) is 6.42 Å². The maximum Gasteiger partial charge on any atom is 0.309 e. The number of aryl methyl sites for hydroxylation is 1. The van der Waals surface area contributed by atoms with Crippen molar-refractivity contribution in [2.75, 3.05) is 0 Å². The first kappa shape index (κ1) is 9.31. The lowest BCUT2D eigenvalue weighted by atomic mass is 9.83. The van der Waals surface area contributed by atoms with E-state index in [1.165, 1.54) is 25.0 Å². The fourth-order valence-electron chi connectivity index (χ4n) is 1.90. The zero-order valence-electron chi connectivity index (χ0n) is 8.34. The van der Waals surface area contributed by atoms with Gasteiger partial charge in [-0.2, -0.15) is 0 Å². The van der Waals surface area contributed by atoms with Crippen LogP contribution in [0.2, 0.25) is 0 Å². The third-order valence-electron chi connectivity index (χ3n) is 3.02. The van der Waals surface area contributed by atoms with Crippen molar-refractivity contribution in [2.24, 2.45) is 0 Å². The number of hydrogen-bond donors (Lipinski definition) is 2. The molecule has 0 aromatic carbocycles. The summed E-state index contributed by atoms with van der Waals surface area (Å²) in [4.78, 5) is 13.8. The Balaban J connectivity index is 2.16. The number of aromatic nitrogens is 1. The van der Waals surface area contributed by atoms with Crippen molar-refractivity contribution in [3.63, 3.8) is 0 Å². The summed E-state index contributed by atoms with van der Waals surface area (Å²) in [5, 5.41) is 8.69. The topological polar surface area (TPSA) is 53.1 Å². The quantitative estimate of drug-likeness (QED) is 0.773. The van der Waals surface area contributed by atoms with Gasteiger partial charge in [0, 0.05) is 11.4 Å². The summed E-state index contributed by atoms with van der Waals surface area (Å²) in [7, 11) is 0. The van der Waals surface area contributed by atoms with Gasteiger partial charge in [-0.3, -0.25) is 4.79 Å². The first-order valence-electron chi connectivity index (χ1n) is 5.07. The lowest BCUT2D eigenvalue weighted by Crippen LogP contribution is -2.09. The standard InChI is InChI=1S/C11H15NO2/c1-7-5-10(8-3-2-4-8)12-9(7)6-11(13)14/h5,8,12H,2-4,6H2,1H3,(H,13,14). The molecule has 0 spiro atoms. The second kappa shape index (κ2) is 3.48. The number of nitrogens with one attached hydrogen (secondary N) is 1. The highest BCUT2D eigenvalue weighted by molar-refractivity contribution is 5.70. The number of aromatic amines is 1. The number of hydrogen-bond acceptors (Lipinski definition) is 1. The molecule has 0 atom stereocenters. The van der Waals surface area contributed by atoms with Crippen LogP contribution in [-0.4, -0.2) is 16.1 Å². The third kappa shape index (κ3) is 1.67. The lowest BCUT2D eigenvalue weighted by Gasteiger charge is -2.24. The fraction of sp³-hybridized carbons (Fsp3) is 0.545. The van der Waals surface area contributed by atoms with E-state index >= 15 is 0 Å². The minimum absolute atomic E-state index is 0.110. The Hall–Kier alpha value is -1.25. The maximum absolute atomic E-state index is 10.6. The summed E-state index contributed by atoms with van der Waals surface area (Å²) in [6.45, 7) is 1.97. The monoisotopic (exact) mass is 193 g/mol. The van der Waals surface area contributed by atoms with Gasteiger partial charge in [0.1, 0.15) is 0 Å². The second-order valence-electron chi connectivity index (χ2n) is 4.08. The van der Waals surface area contributed by atoms with Crippen LogP contribution in [-0.2, 0) is 11.2 Å². The molecule has 1 aromatic heterocycles. The molecule has 1 aliphatic carbocycles. The molecule has 0 bridgehead atoms. The highest BCUT2D eigenvalue weighted by atomic mass is 16.4. The van der Waals surface area contributed by atoms with E-state index in [1.807, 2.05) is 6.92 Å². The smallest absolute Gasteiger partial charge is 0.309 e. The van der Waals surface area contributed by atoms with Gasteiger partial charge in [-0.25, -0.2) is 0 Å². The van der Waals surface area contributed by atoms with Gasteiger partial charge in [-0.05, 0) is 37.3 Å². The summed E-state index contributed by atoms with van der Waals surface area (Å²) in [5.41, 5.74) is 3.17. The van der Waals surface area contributed by atoms with Gasteiger partial charge in [-0.15, -0.1) is 0 Å². The Morgan fingerprint density at radius 1 is 1.64 bits per heavy atom. The van der Waals surface area contributed by atoms with E-state index in [0.717, 1.165) is 11.3 Å². The Labute approximate surface area is 83.1 Å². The third-order valence-corrected chi connectivity index (χ3v) is 3.02. The summed E-state index contributed by atoms with van der Waals surface area (Å²) < 4.78 is 0. The van der Waals surface area contributed by atoms with Crippen LogP contribution in [0.15, 0.2) is 6.07 Å². The van der Waals surface area contributed by atoms with E-state index in [0.29, 0.717) is 5.92 Å². The van der Waals surface area contributed by atoms with E-state index in [9.17, 15) is 4.79 Å². The van der Waals surface area contributed by atoms with Crippen LogP contribution in [0.3, 0.4) is 0 Å². The van der Waals surface area contributed by atoms with Crippen molar-refractivity contribution < 1.29 is 9.90 Å². The van der Waals surface area contributed by atoms with E-state index in [-0.39, 0.29) is 6.42 Å². The SMILES string of the molecule is Cc1cc(C2CCC2)[nH]c1CC(=O)O. The number of rotatable bonds is 3. The molecule has 3 heteroatoms. The van der Waals surface area contributed by atoms with E-state index in [4.69, 9.17) is 5.11 Å². The average Bonchev–Trinajstić information content (AvgIpc) is 2.27. The lowest BCUT2D eigenvalue weighted by molar-refractivity contribution is -0.136. The van der Waals surface area contributed by atoms with Crippen LogP contribution in [0.25, 0.3) is 0 Å². The van der Waals surface area contributed by atoms with Gasteiger partial charge in [0.15, 0.2) is 0 Å². The molecule has 3 nitrogen and oxygen atoms in total. The molecule has 0 radical (unpaired) electrons. The molecule has 14 heavy (non-hydrogen) atoms. The van der Waals surface area contributed by atoms with Crippen molar-refractivity contribution in [3.05, 3.63) is 23.0 Å². The molecule has 1 saturated carbocycles. The Morgan fingerprint density at radius 2 is 2.36 bits per heavy atom. The van der Waals surface area contributed by atoms with Crippen molar-refractivity contribution >= 4 is 5.97 Å². The summed E-state index contributed by atoms with van der Waals surface area (Å²) in [6, 6.07) is 2.10. The van der Waals surface area contributed by atoms with Gasteiger partial charge >= 0.3 is 5.97 Å². The van der Waals surface area contributed by atoms with Crippen LogP contribution >= 0.6 is 0 Å². The predicted octanol–water partition coefficient (Wildman–Crippen LogP) is 2.22. The summed E-state index contributed by atoms with van der Waals surface area (Å²) >= 11 is 0. The van der Waals surface area contributed by atoms with E-state index in [2.05, 4.69) is 11.1 Å². The molecule has 1 heterocycles. The molecule has 76 valence electrons.